The van der Waals surface area contributed by atoms with Gasteiger partial charge in [0.05, 0.1) is 11.8 Å². The molecule has 0 aromatic heterocycles. The normalized spacial score (nSPS) is 12.8. The van der Waals surface area contributed by atoms with Crippen LogP contribution < -0.4 is 5.73 Å². The summed E-state index contributed by atoms with van der Waals surface area (Å²) in [5, 5.41) is 7.35. The molecule has 0 aliphatic heterocycles. The average molecular weight is 434 g/mol. The molecule has 0 aliphatic carbocycles. The van der Waals surface area contributed by atoms with Crippen molar-refractivity contribution >= 4 is 39.1 Å². The first-order valence-corrected chi connectivity index (χ1v) is 8.64. The van der Waals surface area contributed by atoms with Crippen molar-refractivity contribution < 1.29 is 17.6 Å². The van der Waals surface area contributed by atoms with Crippen LogP contribution >= 0.6 is 27.7 Å². The summed E-state index contributed by atoms with van der Waals surface area (Å²) in [7, 11) is 0. The summed E-state index contributed by atoms with van der Waals surface area (Å²) < 4.78 is 52.3. The van der Waals surface area contributed by atoms with Gasteiger partial charge in [-0.1, -0.05) is 58.0 Å². The lowest BCUT2D eigenvalue weighted by Crippen LogP contribution is -2.10. The molecule has 0 atom stereocenters. The lowest BCUT2D eigenvalue weighted by atomic mass is 10.1. The lowest BCUT2D eigenvalue weighted by molar-refractivity contribution is -0.140. The van der Waals surface area contributed by atoms with E-state index < -0.39 is 17.6 Å². The van der Waals surface area contributed by atoms with Gasteiger partial charge in [-0.05, 0) is 17.7 Å². The second kappa shape index (κ2) is 8.48. The quantitative estimate of drug-likeness (QED) is 0.312. The first-order chi connectivity index (χ1) is 11.8. The first-order valence-electron chi connectivity index (χ1n) is 6.87. The summed E-state index contributed by atoms with van der Waals surface area (Å²) >= 11 is 4.13. The number of alkyl halides is 3. The van der Waals surface area contributed by atoms with Gasteiger partial charge in [-0.15, -0.1) is 5.10 Å². The number of halogens is 5. The Morgan fingerprint density at radius 2 is 1.88 bits per heavy atom. The largest absolute Gasteiger partial charge is 0.419 e. The maximum absolute atomic E-state index is 13.9. The molecule has 2 aromatic rings. The minimum Gasteiger partial charge on any atom is -0.377 e. The Morgan fingerprint density at radius 1 is 1.20 bits per heavy atom. The van der Waals surface area contributed by atoms with Crippen LogP contribution in [0.3, 0.4) is 0 Å². The number of hydrogen-bond donors (Lipinski definition) is 1. The summed E-state index contributed by atoms with van der Waals surface area (Å²) in [5.41, 5.74) is 4.98. The predicted molar refractivity (Wildman–Crippen MR) is 96.1 cm³/mol. The van der Waals surface area contributed by atoms with Crippen LogP contribution in [0.5, 0.6) is 0 Å². The van der Waals surface area contributed by atoms with E-state index in [1.54, 1.807) is 0 Å². The predicted octanol–water partition coefficient (Wildman–Crippen LogP) is 5.19. The third-order valence-electron chi connectivity index (χ3n) is 2.95. The van der Waals surface area contributed by atoms with E-state index in [1.165, 1.54) is 17.8 Å². The third kappa shape index (κ3) is 5.86. The molecule has 0 amide bonds. The van der Waals surface area contributed by atoms with Crippen LogP contribution in [0.15, 0.2) is 57.1 Å². The Morgan fingerprint density at radius 3 is 2.52 bits per heavy atom. The van der Waals surface area contributed by atoms with Crippen LogP contribution in [0.1, 0.15) is 16.7 Å². The zero-order chi connectivity index (χ0) is 18.4. The lowest BCUT2D eigenvalue weighted by Gasteiger charge is -2.10. The van der Waals surface area contributed by atoms with Crippen LogP contribution in [0.25, 0.3) is 0 Å². The van der Waals surface area contributed by atoms with Crippen molar-refractivity contribution in [2.24, 2.45) is 15.9 Å². The monoisotopic (exact) mass is 433 g/mol. The Kier molecular flexibility index (Phi) is 6.60. The Bertz CT molecular complexity index is 792. The van der Waals surface area contributed by atoms with Gasteiger partial charge in [0.15, 0.2) is 5.17 Å². The molecule has 2 aromatic carbocycles. The summed E-state index contributed by atoms with van der Waals surface area (Å²) in [6, 6.07) is 11.3. The van der Waals surface area contributed by atoms with Crippen LogP contribution in [0.4, 0.5) is 17.6 Å². The fourth-order valence-electron chi connectivity index (χ4n) is 1.82. The molecule has 0 heterocycles. The zero-order valence-corrected chi connectivity index (χ0v) is 15.0. The number of rotatable bonds is 4. The third-order valence-corrected chi connectivity index (χ3v) is 4.27. The van der Waals surface area contributed by atoms with Crippen molar-refractivity contribution in [3.8, 4) is 0 Å². The Labute approximate surface area is 154 Å². The summed E-state index contributed by atoms with van der Waals surface area (Å²) in [6.07, 6.45) is -3.91. The van der Waals surface area contributed by atoms with Crippen LogP contribution in [-0.4, -0.2) is 11.4 Å². The molecule has 0 bridgehead atoms. The maximum atomic E-state index is 13.9. The molecule has 0 spiro atoms. The fourth-order valence-corrected chi connectivity index (χ4v) is 2.91. The van der Waals surface area contributed by atoms with E-state index in [0.717, 1.165) is 11.8 Å². The molecule has 132 valence electrons. The van der Waals surface area contributed by atoms with Crippen molar-refractivity contribution in [2.45, 2.75) is 11.9 Å². The Balaban J connectivity index is 2.09. The van der Waals surface area contributed by atoms with Gasteiger partial charge >= 0.3 is 6.18 Å². The minimum absolute atomic E-state index is 0.0816. The highest BCUT2D eigenvalue weighted by atomic mass is 79.9. The van der Waals surface area contributed by atoms with Gasteiger partial charge in [-0.3, -0.25) is 0 Å². The molecule has 2 N–H and O–H groups in total. The van der Waals surface area contributed by atoms with Crippen molar-refractivity contribution in [1.82, 2.24) is 0 Å². The molecule has 2 rings (SSSR count). The summed E-state index contributed by atoms with van der Waals surface area (Å²) in [4.78, 5) is 0. The van der Waals surface area contributed by atoms with E-state index in [-0.39, 0.29) is 15.2 Å². The van der Waals surface area contributed by atoms with Gasteiger partial charge in [0.25, 0.3) is 0 Å². The van der Waals surface area contributed by atoms with Crippen molar-refractivity contribution in [2.75, 3.05) is 0 Å². The highest BCUT2D eigenvalue weighted by molar-refractivity contribution is 9.10. The zero-order valence-electron chi connectivity index (χ0n) is 12.6. The van der Waals surface area contributed by atoms with E-state index in [2.05, 4.69) is 26.1 Å². The fraction of sp³-hybridized carbons (Fsp3) is 0.125. The molecule has 3 nitrogen and oxygen atoms in total. The highest BCUT2D eigenvalue weighted by Gasteiger charge is 2.35. The van der Waals surface area contributed by atoms with Gasteiger partial charge in [-0.25, -0.2) is 4.39 Å². The smallest absolute Gasteiger partial charge is 0.377 e. The van der Waals surface area contributed by atoms with Crippen LogP contribution in [0.2, 0.25) is 0 Å². The second-order valence-corrected chi connectivity index (χ2v) is 6.72. The molecule has 0 saturated carbocycles. The minimum atomic E-state index is -4.80. The second-order valence-electron chi connectivity index (χ2n) is 4.81. The average Bonchev–Trinajstić information content (AvgIpc) is 2.55. The SMILES string of the molecule is NC(=NN=Cc1cc(Br)cc(C(F)(F)F)c1F)SCc1ccccc1. The van der Waals surface area contributed by atoms with E-state index in [1.807, 2.05) is 30.3 Å². The molecule has 9 heteroatoms. The topological polar surface area (TPSA) is 50.7 Å². The first kappa shape index (κ1) is 19.5. The van der Waals surface area contributed by atoms with E-state index >= 15 is 0 Å². The van der Waals surface area contributed by atoms with Gasteiger partial charge in [0.2, 0.25) is 0 Å². The van der Waals surface area contributed by atoms with Gasteiger partial charge in [0.1, 0.15) is 5.82 Å². The van der Waals surface area contributed by atoms with E-state index in [9.17, 15) is 17.6 Å². The summed E-state index contributed by atoms with van der Waals surface area (Å²) in [6.45, 7) is 0. The standard InChI is InChI=1S/C16H12BrF4N3S/c17-12-6-11(14(18)13(7-12)16(19,20)21)8-23-24-15(22)25-9-10-4-2-1-3-5-10/h1-8H,9H2,(H2,22,24). The Hall–Kier alpha value is -1.87. The molecular formula is C16H12BrF4N3S. The molecule has 0 radical (unpaired) electrons. The molecule has 0 aliphatic rings. The summed E-state index contributed by atoms with van der Waals surface area (Å²) in [5.74, 6) is -0.847. The van der Waals surface area contributed by atoms with Crippen molar-refractivity contribution in [3.05, 3.63) is 69.4 Å². The number of amidine groups is 1. The number of thioether (sulfide) groups is 1. The van der Waals surface area contributed by atoms with Crippen LogP contribution in [-0.2, 0) is 11.9 Å². The number of nitrogens with zero attached hydrogens (tertiary/aromatic N) is 2. The van der Waals surface area contributed by atoms with Crippen LogP contribution in [0, 0.1) is 5.82 Å². The van der Waals surface area contributed by atoms with Crippen molar-refractivity contribution in [3.63, 3.8) is 0 Å². The number of hydrogen-bond acceptors (Lipinski definition) is 3. The maximum Gasteiger partial charge on any atom is 0.419 e. The van der Waals surface area contributed by atoms with Gasteiger partial charge in [0, 0.05) is 15.8 Å². The molecule has 0 fully saturated rings. The highest BCUT2D eigenvalue weighted by Crippen LogP contribution is 2.34. The number of benzene rings is 2. The van der Waals surface area contributed by atoms with E-state index in [4.69, 9.17) is 5.73 Å². The van der Waals surface area contributed by atoms with Crippen molar-refractivity contribution in [1.29, 1.82) is 0 Å². The molecule has 25 heavy (non-hydrogen) atoms. The van der Waals surface area contributed by atoms with E-state index in [0.29, 0.717) is 11.8 Å². The van der Waals surface area contributed by atoms with Gasteiger partial charge < -0.3 is 5.73 Å². The molecule has 0 unspecified atom stereocenters. The molecular weight excluding hydrogens is 422 g/mol. The van der Waals surface area contributed by atoms with Gasteiger partial charge in [-0.2, -0.15) is 18.3 Å². The molecule has 0 saturated heterocycles. The number of nitrogens with two attached hydrogens (primary N) is 1.